The van der Waals surface area contributed by atoms with Crippen molar-refractivity contribution >= 4 is 17.7 Å². The standard InChI is InChI=1S/C16H19N3O2S/c1-21-9-8-19-14(20)7-10-22-16(19)13-11-17-15(18-13)12-5-3-2-4-6-12/h2-6,11,16H,7-10H2,1H3,(H,17,18). The molecule has 5 nitrogen and oxygen atoms in total. The van der Waals surface area contributed by atoms with Gasteiger partial charge in [-0.25, -0.2) is 4.98 Å². The number of aromatic nitrogens is 2. The fourth-order valence-electron chi connectivity index (χ4n) is 2.52. The van der Waals surface area contributed by atoms with Crippen LogP contribution in [-0.2, 0) is 9.53 Å². The number of hydrogen-bond donors (Lipinski definition) is 1. The largest absolute Gasteiger partial charge is 0.383 e. The Morgan fingerprint density at radius 3 is 3.00 bits per heavy atom. The molecule has 1 saturated heterocycles. The number of nitrogens with zero attached hydrogens (tertiary/aromatic N) is 2. The lowest BCUT2D eigenvalue weighted by molar-refractivity contribution is -0.132. The predicted molar refractivity (Wildman–Crippen MR) is 87.4 cm³/mol. The number of aromatic amines is 1. The van der Waals surface area contributed by atoms with Crippen LogP contribution in [0.15, 0.2) is 36.5 Å². The van der Waals surface area contributed by atoms with Gasteiger partial charge >= 0.3 is 0 Å². The summed E-state index contributed by atoms with van der Waals surface area (Å²) in [6.07, 6.45) is 2.42. The molecule has 22 heavy (non-hydrogen) atoms. The second-order valence-electron chi connectivity index (χ2n) is 5.11. The Hall–Kier alpha value is -1.79. The molecule has 1 aromatic carbocycles. The summed E-state index contributed by atoms with van der Waals surface area (Å²) in [5.41, 5.74) is 2.01. The van der Waals surface area contributed by atoms with E-state index < -0.39 is 0 Å². The highest BCUT2D eigenvalue weighted by molar-refractivity contribution is 7.99. The van der Waals surface area contributed by atoms with E-state index in [0.717, 1.165) is 22.8 Å². The molecule has 0 saturated carbocycles. The molecule has 1 unspecified atom stereocenters. The number of imidazole rings is 1. The summed E-state index contributed by atoms with van der Waals surface area (Å²) in [5.74, 6) is 1.85. The molecule has 0 spiro atoms. The van der Waals surface area contributed by atoms with Gasteiger partial charge in [-0.15, -0.1) is 11.8 Å². The first-order valence-corrected chi connectivity index (χ1v) is 8.35. The minimum Gasteiger partial charge on any atom is -0.383 e. The van der Waals surface area contributed by atoms with Crippen molar-refractivity contribution in [2.45, 2.75) is 11.8 Å². The number of carbonyl (C=O) groups excluding carboxylic acids is 1. The molecule has 0 radical (unpaired) electrons. The normalized spacial score (nSPS) is 18.7. The molecule has 1 amide bonds. The first kappa shape index (κ1) is 15.1. The van der Waals surface area contributed by atoms with Gasteiger partial charge in [0.25, 0.3) is 0 Å². The summed E-state index contributed by atoms with van der Waals surface area (Å²) in [6.45, 7) is 1.15. The summed E-state index contributed by atoms with van der Waals surface area (Å²) >= 11 is 1.77. The first-order valence-electron chi connectivity index (χ1n) is 7.30. The molecule has 0 bridgehead atoms. The monoisotopic (exact) mass is 317 g/mol. The molecule has 1 N–H and O–H groups in total. The third kappa shape index (κ3) is 3.18. The van der Waals surface area contributed by atoms with E-state index in [2.05, 4.69) is 9.97 Å². The topological polar surface area (TPSA) is 58.2 Å². The van der Waals surface area contributed by atoms with Gasteiger partial charge in [-0.1, -0.05) is 30.3 Å². The second-order valence-corrected chi connectivity index (χ2v) is 6.29. The van der Waals surface area contributed by atoms with E-state index in [1.165, 1.54) is 0 Å². The van der Waals surface area contributed by atoms with Crippen molar-refractivity contribution in [2.75, 3.05) is 26.0 Å². The number of H-pyrrole nitrogens is 1. The molecule has 1 aliphatic rings. The number of rotatable bonds is 5. The highest BCUT2D eigenvalue weighted by Gasteiger charge is 2.30. The van der Waals surface area contributed by atoms with Crippen molar-refractivity contribution in [3.05, 3.63) is 42.2 Å². The van der Waals surface area contributed by atoms with Crippen LogP contribution in [0.2, 0.25) is 0 Å². The number of thioether (sulfide) groups is 1. The van der Waals surface area contributed by atoms with Crippen LogP contribution < -0.4 is 0 Å². The van der Waals surface area contributed by atoms with Crippen LogP contribution in [0.4, 0.5) is 0 Å². The van der Waals surface area contributed by atoms with Crippen molar-refractivity contribution in [3.8, 4) is 11.4 Å². The van der Waals surface area contributed by atoms with Crippen molar-refractivity contribution < 1.29 is 9.53 Å². The summed E-state index contributed by atoms with van der Waals surface area (Å²) in [5, 5.41) is -0.0126. The molecule has 0 aliphatic carbocycles. The zero-order chi connectivity index (χ0) is 15.4. The Balaban J connectivity index is 1.82. The number of carbonyl (C=O) groups is 1. The maximum absolute atomic E-state index is 12.2. The molecular formula is C16H19N3O2S. The van der Waals surface area contributed by atoms with Crippen LogP contribution in [-0.4, -0.2) is 46.8 Å². The fraction of sp³-hybridized carbons (Fsp3) is 0.375. The molecule has 1 fully saturated rings. The Labute approximate surface area is 134 Å². The molecule has 6 heteroatoms. The Morgan fingerprint density at radius 2 is 2.23 bits per heavy atom. The van der Waals surface area contributed by atoms with Crippen molar-refractivity contribution in [1.29, 1.82) is 0 Å². The van der Waals surface area contributed by atoms with Crippen LogP contribution in [0.5, 0.6) is 0 Å². The van der Waals surface area contributed by atoms with E-state index in [1.54, 1.807) is 18.9 Å². The average Bonchev–Trinajstić information content (AvgIpc) is 3.04. The highest BCUT2D eigenvalue weighted by atomic mass is 32.2. The van der Waals surface area contributed by atoms with Crippen molar-refractivity contribution in [1.82, 2.24) is 14.9 Å². The number of amides is 1. The number of benzene rings is 1. The number of methoxy groups -OCH3 is 1. The van der Waals surface area contributed by atoms with Crippen LogP contribution in [0.1, 0.15) is 17.5 Å². The third-order valence-corrected chi connectivity index (χ3v) is 4.90. The molecule has 3 rings (SSSR count). The quantitative estimate of drug-likeness (QED) is 0.921. The second kappa shape index (κ2) is 6.98. The van der Waals surface area contributed by atoms with Gasteiger partial charge in [-0.3, -0.25) is 4.79 Å². The van der Waals surface area contributed by atoms with Crippen molar-refractivity contribution in [3.63, 3.8) is 0 Å². The number of hydrogen-bond acceptors (Lipinski definition) is 4. The van der Waals surface area contributed by atoms with Crippen LogP contribution >= 0.6 is 11.8 Å². The van der Waals surface area contributed by atoms with E-state index in [0.29, 0.717) is 19.6 Å². The lowest BCUT2D eigenvalue weighted by Crippen LogP contribution is -2.39. The molecule has 2 heterocycles. The van der Waals surface area contributed by atoms with Gasteiger partial charge in [0.05, 0.1) is 18.5 Å². The minimum atomic E-state index is -0.0126. The molecule has 2 aromatic rings. The summed E-state index contributed by atoms with van der Waals surface area (Å²) in [6, 6.07) is 9.99. The highest BCUT2D eigenvalue weighted by Crippen LogP contribution is 2.36. The van der Waals surface area contributed by atoms with Gasteiger partial charge in [-0.2, -0.15) is 0 Å². The lowest BCUT2D eigenvalue weighted by Gasteiger charge is -2.34. The Bertz CT molecular complexity index is 629. The van der Waals surface area contributed by atoms with Gasteiger partial charge in [-0.05, 0) is 0 Å². The fourth-order valence-corrected chi connectivity index (χ4v) is 3.73. The molecular weight excluding hydrogens is 298 g/mol. The van der Waals surface area contributed by atoms with Crippen LogP contribution in [0, 0.1) is 0 Å². The number of ether oxygens (including phenoxy) is 1. The maximum atomic E-state index is 12.2. The van der Waals surface area contributed by atoms with E-state index in [-0.39, 0.29) is 11.3 Å². The molecule has 1 aromatic heterocycles. The molecule has 116 valence electrons. The average molecular weight is 317 g/mol. The summed E-state index contributed by atoms with van der Waals surface area (Å²) in [7, 11) is 1.65. The van der Waals surface area contributed by atoms with E-state index in [9.17, 15) is 4.79 Å². The summed E-state index contributed by atoms with van der Waals surface area (Å²) < 4.78 is 5.12. The first-order chi connectivity index (χ1) is 10.8. The SMILES string of the molecule is COCCN1C(=O)CCSC1c1cnc(-c2ccccc2)[nH]1. The minimum absolute atomic E-state index is 0.0126. The lowest BCUT2D eigenvalue weighted by atomic mass is 10.2. The Kier molecular flexibility index (Phi) is 4.80. The van der Waals surface area contributed by atoms with Gasteiger partial charge < -0.3 is 14.6 Å². The zero-order valence-corrected chi connectivity index (χ0v) is 13.3. The number of nitrogens with one attached hydrogen (secondary N) is 1. The Morgan fingerprint density at radius 1 is 1.41 bits per heavy atom. The zero-order valence-electron chi connectivity index (χ0n) is 12.5. The maximum Gasteiger partial charge on any atom is 0.224 e. The van der Waals surface area contributed by atoms with Crippen LogP contribution in [0.3, 0.4) is 0 Å². The van der Waals surface area contributed by atoms with Gasteiger partial charge in [0.1, 0.15) is 11.2 Å². The molecule has 1 atom stereocenters. The van der Waals surface area contributed by atoms with Gasteiger partial charge in [0.15, 0.2) is 0 Å². The summed E-state index contributed by atoms with van der Waals surface area (Å²) in [4.78, 5) is 21.9. The van der Waals surface area contributed by atoms with E-state index in [1.807, 2.05) is 41.4 Å². The predicted octanol–water partition coefficient (Wildman–Crippen LogP) is 2.69. The van der Waals surface area contributed by atoms with Crippen LogP contribution in [0.25, 0.3) is 11.4 Å². The van der Waals surface area contributed by atoms with E-state index in [4.69, 9.17) is 4.74 Å². The van der Waals surface area contributed by atoms with Crippen molar-refractivity contribution in [2.24, 2.45) is 0 Å². The van der Waals surface area contributed by atoms with Gasteiger partial charge in [0.2, 0.25) is 5.91 Å². The van der Waals surface area contributed by atoms with E-state index >= 15 is 0 Å². The van der Waals surface area contributed by atoms with Gasteiger partial charge in [0, 0.05) is 31.4 Å². The molecule has 1 aliphatic heterocycles. The smallest absolute Gasteiger partial charge is 0.224 e. The third-order valence-electron chi connectivity index (χ3n) is 3.64.